The van der Waals surface area contributed by atoms with Crippen molar-refractivity contribution in [3.8, 4) is 6.07 Å². The van der Waals surface area contributed by atoms with Crippen molar-refractivity contribution in [1.29, 1.82) is 5.26 Å². The fraction of sp³-hybridized carbons (Fsp3) is 0.455. The van der Waals surface area contributed by atoms with E-state index >= 15 is 0 Å². The van der Waals surface area contributed by atoms with Gasteiger partial charge in [0.15, 0.2) is 0 Å². The minimum Gasteiger partial charge on any atom is -0.355 e. The maximum Gasteiger partial charge on any atom is 0.132 e. The van der Waals surface area contributed by atoms with Crippen LogP contribution in [0.1, 0.15) is 19.4 Å². The van der Waals surface area contributed by atoms with E-state index in [1.807, 2.05) is 0 Å². The molecular weight excluding hydrogens is 210 g/mol. The Morgan fingerprint density at radius 3 is 2.67 bits per heavy atom. The summed E-state index contributed by atoms with van der Waals surface area (Å²) in [7, 11) is 0. The van der Waals surface area contributed by atoms with Crippen LogP contribution in [0.25, 0.3) is 0 Å². The smallest absolute Gasteiger partial charge is 0.132 e. The highest BCUT2D eigenvalue weighted by atomic mass is 35.5. The lowest BCUT2D eigenvalue weighted by molar-refractivity contribution is 0.274. The minimum atomic E-state index is 0.344. The number of pyridine rings is 1. The number of nitriles is 1. The quantitative estimate of drug-likeness (QED) is 0.684. The van der Waals surface area contributed by atoms with Crippen LogP contribution in [0, 0.1) is 16.7 Å². The fourth-order valence-corrected chi connectivity index (χ4v) is 2.06. The SMILES string of the molecule is CC1(C)CN(c2cc(C#N)cc(Cl)n2)C1. The van der Waals surface area contributed by atoms with Crippen LogP contribution in [-0.2, 0) is 0 Å². The molecule has 1 aliphatic rings. The largest absolute Gasteiger partial charge is 0.355 e. The van der Waals surface area contributed by atoms with E-state index in [9.17, 15) is 0 Å². The summed E-state index contributed by atoms with van der Waals surface area (Å²) in [6.45, 7) is 6.34. The van der Waals surface area contributed by atoms with E-state index in [1.165, 1.54) is 0 Å². The number of hydrogen-bond acceptors (Lipinski definition) is 3. The van der Waals surface area contributed by atoms with E-state index in [2.05, 4.69) is 29.8 Å². The van der Waals surface area contributed by atoms with Crippen LogP contribution >= 0.6 is 11.6 Å². The third-order valence-corrected chi connectivity index (χ3v) is 2.67. The van der Waals surface area contributed by atoms with Gasteiger partial charge in [-0.05, 0) is 17.5 Å². The van der Waals surface area contributed by atoms with Crippen LogP contribution in [-0.4, -0.2) is 18.1 Å². The third-order valence-electron chi connectivity index (χ3n) is 2.47. The molecule has 0 spiro atoms. The highest BCUT2D eigenvalue weighted by Crippen LogP contribution is 2.33. The van der Waals surface area contributed by atoms with Crippen molar-refractivity contribution >= 4 is 17.4 Å². The molecule has 0 radical (unpaired) electrons. The van der Waals surface area contributed by atoms with Crippen molar-refractivity contribution < 1.29 is 0 Å². The lowest BCUT2D eigenvalue weighted by atomic mass is 9.84. The van der Waals surface area contributed by atoms with Crippen molar-refractivity contribution in [2.75, 3.05) is 18.0 Å². The first-order valence-corrected chi connectivity index (χ1v) is 5.21. The molecule has 1 fully saturated rings. The minimum absolute atomic E-state index is 0.344. The second kappa shape index (κ2) is 3.39. The standard InChI is InChI=1S/C11H12ClN3/c1-11(2)6-15(7-11)10-4-8(5-13)3-9(12)14-10/h3-4H,6-7H2,1-2H3. The lowest BCUT2D eigenvalue weighted by Gasteiger charge is -2.46. The van der Waals surface area contributed by atoms with Gasteiger partial charge >= 0.3 is 0 Å². The van der Waals surface area contributed by atoms with Gasteiger partial charge in [0, 0.05) is 13.1 Å². The monoisotopic (exact) mass is 221 g/mol. The lowest BCUT2D eigenvalue weighted by Crippen LogP contribution is -2.53. The Kier molecular flexibility index (Phi) is 2.32. The second-order valence-electron chi connectivity index (χ2n) is 4.67. The van der Waals surface area contributed by atoms with Crippen LogP contribution in [0.2, 0.25) is 5.15 Å². The molecule has 1 aromatic heterocycles. The van der Waals surface area contributed by atoms with E-state index in [0.29, 0.717) is 16.1 Å². The summed E-state index contributed by atoms with van der Waals surface area (Å²) in [6.07, 6.45) is 0. The molecule has 1 aromatic rings. The molecule has 3 nitrogen and oxygen atoms in total. The van der Waals surface area contributed by atoms with Gasteiger partial charge in [0.2, 0.25) is 0 Å². The molecular formula is C11H12ClN3. The van der Waals surface area contributed by atoms with Crippen LogP contribution < -0.4 is 4.90 Å². The highest BCUT2D eigenvalue weighted by molar-refractivity contribution is 6.29. The molecule has 0 aromatic carbocycles. The molecule has 0 unspecified atom stereocenters. The molecule has 0 amide bonds. The van der Waals surface area contributed by atoms with Crippen molar-refractivity contribution in [2.45, 2.75) is 13.8 Å². The Bertz CT molecular complexity index is 426. The summed E-state index contributed by atoms with van der Waals surface area (Å²) in [6, 6.07) is 5.44. The molecule has 2 heterocycles. The molecule has 0 saturated carbocycles. The average molecular weight is 222 g/mol. The van der Waals surface area contributed by atoms with Gasteiger partial charge < -0.3 is 4.90 Å². The normalized spacial score (nSPS) is 18.1. The Labute approximate surface area is 94.3 Å². The summed E-state index contributed by atoms with van der Waals surface area (Å²) in [5.41, 5.74) is 0.909. The predicted molar refractivity (Wildman–Crippen MR) is 60.0 cm³/mol. The molecule has 15 heavy (non-hydrogen) atoms. The maximum absolute atomic E-state index is 8.81. The Hall–Kier alpha value is -1.27. The average Bonchev–Trinajstić information content (AvgIpc) is 2.13. The zero-order valence-corrected chi connectivity index (χ0v) is 9.54. The first-order valence-electron chi connectivity index (χ1n) is 4.83. The molecule has 0 N–H and O–H groups in total. The number of rotatable bonds is 1. The fourth-order valence-electron chi connectivity index (χ4n) is 1.86. The number of aromatic nitrogens is 1. The third kappa shape index (κ3) is 2.05. The number of halogens is 1. The van der Waals surface area contributed by atoms with Crippen molar-refractivity contribution in [2.24, 2.45) is 5.41 Å². The molecule has 2 rings (SSSR count). The first-order chi connectivity index (χ1) is 7.00. The molecule has 1 saturated heterocycles. The van der Waals surface area contributed by atoms with E-state index in [4.69, 9.17) is 16.9 Å². The number of hydrogen-bond donors (Lipinski definition) is 0. The van der Waals surface area contributed by atoms with E-state index < -0.39 is 0 Å². The van der Waals surface area contributed by atoms with Gasteiger partial charge in [0.25, 0.3) is 0 Å². The van der Waals surface area contributed by atoms with E-state index in [1.54, 1.807) is 12.1 Å². The van der Waals surface area contributed by atoms with Crippen LogP contribution in [0.5, 0.6) is 0 Å². The first kappa shape index (κ1) is 10.3. The zero-order chi connectivity index (χ0) is 11.1. The highest BCUT2D eigenvalue weighted by Gasteiger charge is 2.35. The topological polar surface area (TPSA) is 39.9 Å². The van der Waals surface area contributed by atoms with Crippen LogP contribution in [0.3, 0.4) is 0 Å². The zero-order valence-electron chi connectivity index (χ0n) is 8.79. The molecule has 0 bridgehead atoms. The molecule has 78 valence electrons. The van der Waals surface area contributed by atoms with Crippen molar-refractivity contribution in [3.05, 3.63) is 22.8 Å². The van der Waals surface area contributed by atoms with Gasteiger partial charge in [-0.15, -0.1) is 0 Å². The summed E-state index contributed by atoms with van der Waals surface area (Å²) in [5, 5.41) is 9.19. The second-order valence-corrected chi connectivity index (χ2v) is 5.06. The van der Waals surface area contributed by atoms with Crippen molar-refractivity contribution in [3.63, 3.8) is 0 Å². The van der Waals surface area contributed by atoms with E-state index in [-0.39, 0.29) is 0 Å². The van der Waals surface area contributed by atoms with Gasteiger partial charge in [-0.1, -0.05) is 25.4 Å². The van der Waals surface area contributed by atoms with Crippen LogP contribution in [0.4, 0.5) is 5.82 Å². The number of anilines is 1. The maximum atomic E-state index is 8.81. The number of nitrogens with zero attached hydrogens (tertiary/aromatic N) is 3. The van der Waals surface area contributed by atoms with Gasteiger partial charge in [-0.3, -0.25) is 0 Å². The molecule has 4 heteroatoms. The van der Waals surface area contributed by atoms with Gasteiger partial charge in [-0.25, -0.2) is 4.98 Å². The summed E-state index contributed by atoms with van der Waals surface area (Å²) < 4.78 is 0. The van der Waals surface area contributed by atoms with Crippen molar-refractivity contribution in [1.82, 2.24) is 4.98 Å². The predicted octanol–water partition coefficient (Wildman–Crippen LogP) is 2.45. The van der Waals surface area contributed by atoms with Gasteiger partial charge in [0.1, 0.15) is 11.0 Å². The Morgan fingerprint density at radius 1 is 1.47 bits per heavy atom. The summed E-state index contributed by atoms with van der Waals surface area (Å²) in [4.78, 5) is 6.34. The van der Waals surface area contributed by atoms with Gasteiger partial charge in [0.05, 0.1) is 11.6 Å². The van der Waals surface area contributed by atoms with Gasteiger partial charge in [-0.2, -0.15) is 5.26 Å². The molecule has 0 atom stereocenters. The van der Waals surface area contributed by atoms with E-state index in [0.717, 1.165) is 18.9 Å². The molecule has 1 aliphatic heterocycles. The Balaban J connectivity index is 2.24. The Morgan fingerprint density at radius 2 is 2.13 bits per heavy atom. The summed E-state index contributed by atoms with van der Waals surface area (Å²) in [5.74, 6) is 0.804. The summed E-state index contributed by atoms with van der Waals surface area (Å²) >= 11 is 5.84. The van der Waals surface area contributed by atoms with Crippen LogP contribution in [0.15, 0.2) is 12.1 Å². The molecule has 0 aliphatic carbocycles.